The van der Waals surface area contributed by atoms with Crippen LogP contribution in [0.4, 0.5) is 8.78 Å². The van der Waals surface area contributed by atoms with Gasteiger partial charge in [0, 0.05) is 24.6 Å². The van der Waals surface area contributed by atoms with E-state index in [0.29, 0.717) is 6.04 Å². The van der Waals surface area contributed by atoms with Gasteiger partial charge in [-0.05, 0) is 51.4 Å². The number of nitrogens with zero attached hydrogens (tertiary/aromatic N) is 1. The largest absolute Gasteiger partial charge is 0.339 e. The van der Waals surface area contributed by atoms with Crippen LogP contribution in [0, 0.1) is 17.6 Å². The van der Waals surface area contributed by atoms with E-state index in [0.717, 1.165) is 37.6 Å². The molecule has 1 aromatic rings. The maximum atomic E-state index is 13.8. The van der Waals surface area contributed by atoms with Crippen molar-refractivity contribution < 1.29 is 13.6 Å². The van der Waals surface area contributed by atoms with Crippen LogP contribution in [-0.2, 0) is 4.79 Å². The van der Waals surface area contributed by atoms with Crippen molar-refractivity contribution in [2.75, 3.05) is 13.6 Å². The van der Waals surface area contributed by atoms with E-state index in [-0.39, 0.29) is 29.8 Å². The van der Waals surface area contributed by atoms with Gasteiger partial charge in [-0.3, -0.25) is 4.79 Å². The van der Waals surface area contributed by atoms with Gasteiger partial charge in [0.05, 0.1) is 6.04 Å². The molecule has 1 saturated heterocycles. The monoisotopic (exact) mass is 332 g/mol. The fraction of sp³-hybridized carbons (Fsp3) is 0.562. The van der Waals surface area contributed by atoms with Crippen molar-refractivity contribution >= 4 is 18.3 Å². The highest BCUT2D eigenvalue weighted by atomic mass is 35.5. The zero-order valence-electron chi connectivity index (χ0n) is 13.1. The third-order valence-electron chi connectivity index (χ3n) is 4.31. The van der Waals surface area contributed by atoms with Gasteiger partial charge in [-0.15, -0.1) is 12.4 Å². The van der Waals surface area contributed by atoms with Crippen LogP contribution in [-0.4, -0.2) is 30.4 Å². The third kappa shape index (κ3) is 4.17. The maximum absolute atomic E-state index is 13.8. The molecule has 22 heavy (non-hydrogen) atoms. The highest BCUT2D eigenvalue weighted by molar-refractivity contribution is 5.85. The molecule has 0 bridgehead atoms. The maximum Gasteiger partial charge on any atom is 0.226 e. The summed E-state index contributed by atoms with van der Waals surface area (Å²) in [5.41, 5.74) is 0.216. The van der Waals surface area contributed by atoms with Crippen molar-refractivity contribution in [3.05, 3.63) is 35.4 Å². The van der Waals surface area contributed by atoms with Crippen LogP contribution < -0.4 is 5.32 Å². The molecule has 1 heterocycles. The first-order valence-corrected chi connectivity index (χ1v) is 7.35. The molecule has 3 nitrogen and oxygen atoms in total. The topological polar surface area (TPSA) is 32.3 Å². The number of carbonyl (C=O) groups excluding carboxylic acids is 1. The molecule has 124 valence electrons. The van der Waals surface area contributed by atoms with Gasteiger partial charge in [-0.25, -0.2) is 8.78 Å². The number of hydrogen-bond donors (Lipinski definition) is 1. The average molecular weight is 333 g/mol. The normalized spacial score (nSPS) is 22.6. The van der Waals surface area contributed by atoms with Crippen LogP contribution in [0.1, 0.15) is 38.3 Å². The first-order valence-electron chi connectivity index (χ1n) is 7.35. The van der Waals surface area contributed by atoms with E-state index in [9.17, 15) is 13.6 Å². The van der Waals surface area contributed by atoms with Gasteiger partial charge in [-0.2, -0.15) is 0 Å². The van der Waals surface area contributed by atoms with Gasteiger partial charge in [0.15, 0.2) is 0 Å². The van der Waals surface area contributed by atoms with E-state index in [2.05, 4.69) is 12.2 Å². The van der Waals surface area contributed by atoms with Crippen LogP contribution in [0.25, 0.3) is 0 Å². The molecule has 2 rings (SSSR count). The Balaban J connectivity index is 0.00000242. The van der Waals surface area contributed by atoms with Crippen LogP contribution in [0.3, 0.4) is 0 Å². The molecule has 6 heteroatoms. The fourth-order valence-corrected chi connectivity index (χ4v) is 2.88. The zero-order valence-corrected chi connectivity index (χ0v) is 13.9. The Morgan fingerprint density at radius 3 is 2.73 bits per heavy atom. The summed E-state index contributed by atoms with van der Waals surface area (Å²) in [5, 5.41) is 3.30. The Kier molecular flexibility index (Phi) is 6.75. The van der Waals surface area contributed by atoms with Crippen molar-refractivity contribution in [3.8, 4) is 0 Å². The summed E-state index contributed by atoms with van der Waals surface area (Å²) in [6, 6.07) is 3.17. The second-order valence-corrected chi connectivity index (χ2v) is 5.87. The lowest BCUT2D eigenvalue weighted by Crippen LogP contribution is -2.43. The number of amides is 1. The molecule has 0 aliphatic carbocycles. The van der Waals surface area contributed by atoms with Gasteiger partial charge < -0.3 is 10.2 Å². The Hall–Kier alpha value is -1.20. The minimum Gasteiger partial charge on any atom is -0.339 e. The second-order valence-electron chi connectivity index (χ2n) is 5.87. The quantitative estimate of drug-likeness (QED) is 0.921. The SMILES string of the molecule is CC(c1cc(F)ccc1F)N(C)C(=O)[C@H]1CCN[C@@H](C)C1.Cl. The molecule has 0 spiro atoms. The van der Waals surface area contributed by atoms with Gasteiger partial charge in [0.1, 0.15) is 11.6 Å². The summed E-state index contributed by atoms with van der Waals surface area (Å²) in [7, 11) is 1.66. The van der Waals surface area contributed by atoms with E-state index in [4.69, 9.17) is 0 Å². The first kappa shape index (κ1) is 18.8. The van der Waals surface area contributed by atoms with Crippen molar-refractivity contribution in [2.45, 2.75) is 38.8 Å². The number of nitrogens with one attached hydrogen (secondary N) is 1. The minimum absolute atomic E-state index is 0. The summed E-state index contributed by atoms with van der Waals surface area (Å²) < 4.78 is 27.1. The molecule has 3 atom stereocenters. The summed E-state index contributed by atoms with van der Waals surface area (Å²) in [5.74, 6) is -1.03. The zero-order chi connectivity index (χ0) is 15.6. The van der Waals surface area contributed by atoms with Crippen molar-refractivity contribution in [3.63, 3.8) is 0 Å². The molecular weight excluding hydrogens is 310 g/mol. The lowest BCUT2D eigenvalue weighted by Gasteiger charge is -2.33. The van der Waals surface area contributed by atoms with E-state index in [1.165, 1.54) is 4.90 Å². The molecule has 1 aliphatic rings. The standard InChI is InChI=1S/C16H22F2N2O.ClH/c1-10-8-12(6-7-19-10)16(21)20(3)11(2)14-9-13(17)4-5-15(14)18;/h4-5,9-12,19H,6-8H2,1-3H3;1H/t10-,11?,12-;/m0./s1. The minimum atomic E-state index is -0.491. The van der Waals surface area contributed by atoms with Crippen LogP contribution in [0.15, 0.2) is 18.2 Å². The van der Waals surface area contributed by atoms with E-state index < -0.39 is 17.7 Å². The molecule has 1 fully saturated rings. The molecule has 1 N–H and O–H groups in total. The van der Waals surface area contributed by atoms with E-state index >= 15 is 0 Å². The number of piperidine rings is 1. The number of halogens is 3. The summed E-state index contributed by atoms with van der Waals surface area (Å²) in [6.07, 6.45) is 1.56. The van der Waals surface area contributed by atoms with Gasteiger partial charge >= 0.3 is 0 Å². The van der Waals surface area contributed by atoms with Gasteiger partial charge in [0.2, 0.25) is 5.91 Å². The Morgan fingerprint density at radius 1 is 1.41 bits per heavy atom. The molecule has 1 aromatic carbocycles. The number of rotatable bonds is 3. The lowest BCUT2D eigenvalue weighted by atomic mass is 9.91. The van der Waals surface area contributed by atoms with Crippen molar-refractivity contribution in [1.82, 2.24) is 10.2 Å². The number of carbonyl (C=O) groups is 1. The Bertz CT molecular complexity index is 527. The Morgan fingerprint density at radius 2 is 2.09 bits per heavy atom. The first-order chi connectivity index (χ1) is 9.90. The Labute approximate surface area is 136 Å². The highest BCUT2D eigenvalue weighted by Gasteiger charge is 2.30. The molecule has 0 saturated carbocycles. The summed E-state index contributed by atoms with van der Waals surface area (Å²) >= 11 is 0. The summed E-state index contributed by atoms with van der Waals surface area (Å²) in [6.45, 7) is 4.59. The molecule has 1 unspecified atom stereocenters. The third-order valence-corrected chi connectivity index (χ3v) is 4.31. The van der Waals surface area contributed by atoms with Crippen molar-refractivity contribution in [2.24, 2.45) is 5.92 Å². The van der Waals surface area contributed by atoms with Crippen LogP contribution in [0.2, 0.25) is 0 Å². The van der Waals surface area contributed by atoms with Crippen molar-refractivity contribution in [1.29, 1.82) is 0 Å². The predicted octanol–water partition coefficient (Wildman–Crippen LogP) is 3.29. The average Bonchev–Trinajstić information content (AvgIpc) is 2.47. The molecular formula is C16H23ClF2N2O. The van der Waals surface area contributed by atoms with E-state index in [1.807, 2.05) is 0 Å². The smallest absolute Gasteiger partial charge is 0.226 e. The van der Waals surface area contributed by atoms with Crippen LogP contribution >= 0.6 is 12.4 Å². The van der Waals surface area contributed by atoms with Gasteiger partial charge in [0.25, 0.3) is 0 Å². The number of hydrogen-bond acceptors (Lipinski definition) is 2. The van der Waals surface area contributed by atoms with E-state index in [1.54, 1.807) is 14.0 Å². The second kappa shape index (κ2) is 7.88. The molecule has 0 radical (unpaired) electrons. The molecule has 0 aromatic heterocycles. The lowest BCUT2D eigenvalue weighted by molar-refractivity contribution is -0.137. The molecule has 1 aliphatic heterocycles. The number of benzene rings is 1. The fourth-order valence-electron chi connectivity index (χ4n) is 2.88. The predicted molar refractivity (Wildman–Crippen MR) is 85.0 cm³/mol. The molecule has 1 amide bonds. The van der Waals surface area contributed by atoms with Gasteiger partial charge in [-0.1, -0.05) is 0 Å². The summed E-state index contributed by atoms with van der Waals surface area (Å²) in [4.78, 5) is 14.1. The highest BCUT2D eigenvalue weighted by Crippen LogP contribution is 2.26. The van der Waals surface area contributed by atoms with Crippen LogP contribution in [0.5, 0.6) is 0 Å².